The highest BCUT2D eigenvalue weighted by molar-refractivity contribution is 5.76. The fourth-order valence-electron chi connectivity index (χ4n) is 2.95. The maximum Gasteiger partial charge on any atom is 0.306 e. The molecule has 2 atom stereocenters. The lowest BCUT2D eigenvalue weighted by Crippen LogP contribution is -2.33. The van der Waals surface area contributed by atoms with Crippen molar-refractivity contribution in [3.8, 4) is 0 Å². The van der Waals surface area contributed by atoms with Gasteiger partial charge in [-0.1, -0.05) is 24.6 Å². The van der Waals surface area contributed by atoms with E-state index >= 15 is 0 Å². The molecular weight excluding hydrogens is 268 g/mol. The van der Waals surface area contributed by atoms with Gasteiger partial charge in [0.2, 0.25) is 5.91 Å². The van der Waals surface area contributed by atoms with Crippen LogP contribution in [0.4, 0.5) is 5.69 Å². The van der Waals surface area contributed by atoms with E-state index in [4.69, 9.17) is 10.8 Å². The molecule has 0 spiro atoms. The second kappa shape index (κ2) is 7.11. The molecule has 0 aliphatic heterocycles. The third-order valence-corrected chi connectivity index (χ3v) is 4.21. The fourth-order valence-corrected chi connectivity index (χ4v) is 2.95. The number of carboxylic acids is 1. The largest absolute Gasteiger partial charge is 0.481 e. The van der Waals surface area contributed by atoms with Crippen molar-refractivity contribution in [3.63, 3.8) is 0 Å². The Morgan fingerprint density at radius 1 is 1.29 bits per heavy atom. The summed E-state index contributed by atoms with van der Waals surface area (Å²) >= 11 is 0. The van der Waals surface area contributed by atoms with Crippen molar-refractivity contribution in [1.29, 1.82) is 0 Å². The molecule has 1 aromatic rings. The van der Waals surface area contributed by atoms with Crippen LogP contribution in [0, 0.1) is 11.8 Å². The lowest BCUT2D eigenvalue weighted by molar-refractivity contribution is -0.143. The number of hydrogen-bond acceptors (Lipinski definition) is 3. The summed E-state index contributed by atoms with van der Waals surface area (Å²) in [5, 5.41) is 12.0. The molecule has 1 aliphatic rings. The summed E-state index contributed by atoms with van der Waals surface area (Å²) < 4.78 is 0. The number of para-hydroxylation sites is 1. The zero-order chi connectivity index (χ0) is 15.2. The number of hydrogen-bond donors (Lipinski definition) is 3. The van der Waals surface area contributed by atoms with E-state index in [1.54, 1.807) is 0 Å². The van der Waals surface area contributed by atoms with Crippen molar-refractivity contribution in [3.05, 3.63) is 29.8 Å². The van der Waals surface area contributed by atoms with Gasteiger partial charge in [0.25, 0.3) is 0 Å². The second-order valence-corrected chi connectivity index (χ2v) is 5.64. The van der Waals surface area contributed by atoms with E-state index in [0.717, 1.165) is 24.8 Å². The Kier molecular flexibility index (Phi) is 5.20. The zero-order valence-corrected chi connectivity index (χ0v) is 12.0. The average molecular weight is 290 g/mol. The van der Waals surface area contributed by atoms with Gasteiger partial charge in [-0.05, 0) is 36.8 Å². The third-order valence-electron chi connectivity index (χ3n) is 4.21. The molecule has 5 heteroatoms. The molecule has 1 fully saturated rings. The van der Waals surface area contributed by atoms with Crippen LogP contribution in [0.25, 0.3) is 0 Å². The molecule has 1 saturated carbocycles. The minimum Gasteiger partial charge on any atom is -0.481 e. The van der Waals surface area contributed by atoms with Crippen LogP contribution in [-0.4, -0.2) is 23.5 Å². The summed E-state index contributed by atoms with van der Waals surface area (Å²) in [7, 11) is 0. The molecule has 0 aromatic heterocycles. The molecule has 0 saturated heterocycles. The van der Waals surface area contributed by atoms with Crippen LogP contribution in [0.3, 0.4) is 0 Å². The number of nitrogen functional groups attached to an aromatic ring is 1. The van der Waals surface area contributed by atoms with Crippen molar-refractivity contribution in [2.45, 2.75) is 32.1 Å². The van der Waals surface area contributed by atoms with Gasteiger partial charge in [-0.2, -0.15) is 0 Å². The fraction of sp³-hybridized carbons (Fsp3) is 0.500. The van der Waals surface area contributed by atoms with Gasteiger partial charge in [-0.25, -0.2) is 0 Å². The van der Waals surface area contributed by atoms with Gasteiger partial charge in [0.05, 0.1) is 5.92 Å². The van der Waals surface area contributed by atoms with Crippen molar-refractivity contribution in [2.75, 3.05) is 12.3 Å². The number of amides is 1. The van der Waals surface area contributed by atoms with E-state index in [0.29, 0.717) is 25.1 Å². The van der Waals surface area contributed by atoms with Gasteiger partial charge in [-0.15, -0.1) is 0 Å². The highest BCUT2D eigenvalue weighted by atomic mass is 16.4. The van der Waals surface area contributed by atoms with Gasteiger partial charge >= 0.3 is 5.97 Å². The average Bonchev–Trinajstić information content (AvgIpc) is 2.93. The summed E-state index contributed by atoms with van der Waals surface area (Å²) in [6.45, 7) is 0.458. The van der Waals surface area contributed by atoms with Crippen LogP contribution in [0.15, 0.2) is 24.3 Å². The van der Waals surface area contributed by atoms with Gasteiger partial charge in [0.1, 0.15) is 0 Å². The van der Waals surface area contributed by atoms with Crippen molar-refractivity contribution >= 4 is 17.6 Å². The van der Waals surface area contributed by atoms with Crippen LogP contribution >= 0.6 is 0 Å². The molecule has 114 valence electrons. The molecule has 2 rings (SSSR count). The van der Waals surface area contributed by atoms with Gasteiger partial charge in [0.15, 0.2) is 0 Å². The van der Waals surface area contributed by atoms with Crippen molar-refractivity contribution in [2.24, 2.45) is 11.8 Å². The topological polar surface area (TPSA) is 92.4 Å². The Balaban J connectivity index is 1.75. The maximum absolute atomic E-state index is 11.9. The Hall–Kier alpha value is -2.04. The second-order valence-electron chi connectivity index (χ2n) is 5.64. The Bertz CT molecular complexity index is 516. The van der Waals surface area contributed by atoms with E-state index in [1.807, 2.05) is 24.3 Å². The lowest BCUT2D eigenvalue weighted by atomic mass is 9.96. The van der Waals surface area contributed by atoms with Gasteiger partial charge in [-0.3, -0.25) is 9.59 Å². The normalized spacial score (nSPS) is 21.1. The minimum atomic E-state index is -0.746. The minimum absolute atomic E-state index is 0.0470. The Labute approximate surface area is 124 Å². The summed E-state index contributed by atoms with van der Waals surface area (Å²) in [5.41, 5.74) is 7.51. The number of nitrogens with two attached hydrogens (primary N) is 1. The molecule has 0 heterocycles. The number of carbonyl (C=O) groups is 2. The van der Waals surface area contributed by atoms with Crippen LogP contribution in [-0.2, 0) is 16.0 Å². The number of rotatable bonds is 6. The number of nitrogens with one attached hydrogen (secondary N) is 1. The van der Waals surface area contributed by atoms with Crippen LogP contribution in [0.1, 0.15) is 31.2 Å². The molecule has 5 nitrogen and oxygen atoms in total. The number of benzene rings is 1. The molecule has 0 bridgehead atoms. The first kappa shape index (κ1) is 15.4. The SMILES string of the molecule is Nc1ccccc1CCC(=O)NCC1CCCC1C(=O)O. The first-order valence-electron chi connectivity index (χ1n) is 7.41. The Morgan fingerprint density at radius 3 is 2.76 bits per heavy atom. The molecule has 21 heavy (non-hydrogen) atoms. The number of carboxylic acid groups (broad SMARTS) is 1. The molecule has 1 aromatic carbocycles. The first-order valence-corrected chi connectivity index (χ1v) is 7.41. The van der Waals surface area contributed by atoms with E-state index in [-0.39, 0.29) is 17.7 Å². The Morgan fingerprint density at radius 2 is 2.05 bits per heavy atom. The van der Waals surface area contributed by atoms with E-state index in [1.165, 1.54) is 0 Å². The summed E-state index contributed by atoms with van der Waals surface area (Å²) in [4.78, 5) is 22.9. The lowest BCUT2D eigenvalue weighted by Gasteiger charge is -2.16. The zero-order valence-electron chi connectivity index (χ0n) is 12.0. The number of carbonyl (C=O) groups excluding carboxylic acids is 1. The van der Waals surface area contributed by atoms with Gasteiger partial charge in [0, 0.05) is 18.7 Å². The first-order chi connectivity index (χ1) is 10.1. The quantitative estimate of drug-likeness (QED) is 0.697. The molecular formula is C16H22N2O3. The summed E-state index contributed by atoms with van der Waals surface area (Å²) in [5.74, 6) is -1.04. The predicted octanol–water partition coefficient (Wildman–Crippen LogP) is 1.82. The highest BCUT2D eigenvalue weighted by Gasteiger charge is 2.32. The molecule has 2 unspecified atom stereocenters. The summed E-state index contributed by atoms with van der Waals surface area (Å²) in [6, 6.07) is 7.51. The molecule has 1 amide bonds. The van der Waals surface area contributed by atoms with Crippen LogP contribution in [0.5, 0.6) is 0 Å². The van der Waals surface area contributed by atoms with Crippen molar-refractivity contribution in [1.82, 2.24) is 5.32 Å². The molecule has 1 aliphatic carbocycles. The van der Waals surface area contributed by atoms with E-state index < -0.39 is 5.97 Å². The monoisotopic (exact) mass is 290 g/mol. The number of aliphatic carboxylic acids is 1. The van der Waals surface area contributed by atoms with Crippen LogP contribution in [0.2, 0.25) is 0 Å². The highest BCUT2D eigenvalue weighted by Crippen LogP contribution is 2.31. The smallest absolute Gasteiger partial charge is 0.306 e. The van der Waals surface area contributed by atoms with Gasteiger partial charge < -0.3 is 16.2 Å². The maximum atomic E-state index is 11.9. The number of anilines is 1. The number of aryl methyl sites for hydroxylation is 1. The standard InChI is InChI=1S/C16H22N2O3/c17-14-7-2-1-4-11(14)8-9-15(19)18-10-12-5-3-6-13(12)16(20)21/h1-2,4,7,12-13H,3,5-6,8-10,17H2,(H,18,19)(H,20,21). The molecule has 4 N–H and O–H groups in total. The third kappa shape index (κ3) is 4.21. The predicted molar refractivity (Wildman–Crippen MR) is 80.7 cm³/mol. The van der Waals surface area contributed by atoms with Crippen molar-refractivity contribution < 1.29 is 14.7 Å². The summed E-state index contributed by atoms with van der Waals surface area (Å²) in [6.07, 6.45) is 3.50. The molecule has 0 radical (unpaired) electrons. The van der Waals surface area contributed by atoms with E-state index in [2.05, 4.69) is 5.32 Å². The van der Waals surface area contributed by atoms with Crippen LogP contribution < -0.4 is 11.1 Å². The van der Waals surface area contributed by atoms with E-state index in [9.17, 15) is 9.59 Å².